The second-order valence-corrected chi connectivity index (χ2v) is 5.97. The molecule has 4 nitrogen and oxygen atoms in total. The highest BCUT2D eigenvalue weighted by Gasteiger charge is 2.13. The smallest absolute Gasteiger partial charge is 0.227 e. The van der Waals surface area contributed by atoms with Crippen LogP contribution in [0, 0.1) is 5.92 Å². The molecule has 2 aromatic heterocycles. The van der Waals surface area contributed by atoms with Gasteiger partial charge in [-0.15, -0.1) is 11.3 Å². The van der Waals surface area contributed by atoms with Crippen LogP contribution in [0.1, 0.15) is 34.1 Å². The summed E-state index contributed by atoms with van der Waals surface area (Å²) in [5, 5.41) is 6.17. The Morgan fingerprint density at radius 2 is 2.11 bits per heavy atom. The van der Waals surface area contributed by atoms with Gasteiger partial charge >= 0.3 is 0 Å². The predicted molar refractivity (Wildman–Crippen MR) is 81.1 cm³/mol. The molecule has 2 rings (SSSR count). The number of ether oxygens (including phenoxy) is 1. The molecule has 2 aromatic rings. The molecule has 0 aliphatic heterocycles. The lowest BCUT2D eigenvalue weighted by Gasteiger charge is -2.16. The van der Waals surface area contributed by atoms with Gasteiger partial charge in [-0.05, 0) is 37.6 Å². The highest BCUT2D eigenvalue weighted by Crippen LogP contribution is 2.29. The lowest BCUT2D eigenvalue weighted by Crippen LogP contribution is -2.16. The van der Waals surface area contributed by atoms with E-state index in [9.17, 15) is 0 Å². The van der Waals surface area contributed by atoms with Crippen molar-refractivity contribution in [1.82, 2.24) is 9.97 Å². The number of hydrogen-bond donors (Lipinski definition) is 1. The summed E-state index contributed by atoms with van der Waals surface area (Å²) in [5.41, 5.74) is 0. The Bertz CT molecular complexity index is 538. The van der Waals surface area contributed by atoms with E-state index in [0.717, 1.165) is 23.2 Å². The largest absolute Gasteiger partial charge is 0.474 e. The molecule has 0 bridgehead atoms. The molecule has 5 heteroatoms. The minimum Gasteiger partial charge on any atom is -0.474 e. The minimum absolute atomic E-state index is 0.160. The van der Waals surface area contributed by atoms with Crippen molar-refractivity contribution in [1.29, 1.82) is 0 Å². The van der Waals surface area contributed by atoms with Crippen molar-refractivity contribution in [2.24, 2.45) is 5.92 Å². The summed E-state index contributed by atoms with van der Waals surface area (Å²) >= 11 is 1.61. The summed E-state index contributed by atoms with van der Waals surface area (Å²) in [5.74, 6) is 1.95. The van der Waals surface area contributed by atoms with Crippen molar-refractivity contribution in [2.75, 3.05) is 11.9 Å². The first-order valence-electron chi connectivity index (χ1n) is 6.76. The van der Waals surface area contributed by atoms with Crippen LogP contribution in [0.15, 0.2) is 11.4 Å². The normalized spacial score (nSPS) is 12.9. The fourth-order valence-electron chi connectivity index (χ4n) is 2.06. The third-order valence-corrected chi connectivity index (χ3v) is 3.55. The number of nitrogens with zero attached hydrogens (tertiary/aromatic N) is 2. The van der Waals surface area contributed by atoms with Gasteiger partial charge in [0.05, 0.1) is 11.5 Å². The van der Waals surface area contributed by atoms with Crippen LogP contribution >= 0.6 is 11.3 Å². The van der Waals surface area contributed by atoms with Crippen LogP contribution in [-0.4, -0.2) is 22.6 Å². The Morgan fingerprint density at radius 3 is 2.79 bits per heavy atom. The number of aromatic nitrogens is 2. The Kier molecular flexibility index (Phi) is 4.58. The zero-order chi connectivity index (χ0) is 13.8. The molecule has 0 aliphatic carbocycles. The monoisotopic (exact) mass is 279 g/mol. The van der Waals surface area contributed by atoms with Crippen molar-refractivity contribution in [3.8, 4) is 5.88 Å². The first-order chi connectivity index (χ1) is 9.10. The number of anilines is 1. The Labute approximate surface area is 118 Å². The Morgan fingerprint density at radius 1 is 1.32 bits per heavy atom. The van der Waals surface area contributed by atoms with Gasteiger partial charge in [-0.2, -0.15) is 4.98 Å². The maximum absolute atomic E-state index is 6.00. The van der Waals surface area contributed by atoms with Gasteiger partial charge < -0.3 is 10.1 Å². The lowest BCUT2D eigenvalue weighted by atomic mass is 10.1. The molecular weight excluding hydrogens is 258 g/mol. The molecule has 1 unspecified atom stereocenters. The molecule has 0 saturated heterocycles. The van der Waals surface area contributed by atoms with E-state index in [1.54, 1.807) is 11.3 Å². The topological polar surface area (TPSA) is 47.0 Å². The second kappa shape index (κ2) is 6.19. The zero-order valence-corrected chi connectivity index (χ0v) is 12.8. The second-order valence-electron chi connectivity index (χ2n) is 5.08. The molecular formula is C14H21N3OS. The molecule has 0 fully saturated rings. The molecule has 2 heterocycles. The molecule has 1 N–H and O–H groups in total. The number of rotatable bonds is 6. The average molecular weight is 279 g/mol. The SMILES string of the molecule is CCNc1nc(OC(C)CC(C)C)c2ccsc2n1. The Hall–Kier alpha value is -1.36. The third kappa shape index (κ3) is 3.56. The summed E-state index contributed by atoms with van der Waals surface area (Å²) in [4.78, 5) is 9.91. The van der Waals surface area contributed by atoms with Gasteiger partial charge in [-0.1, -0.05) is 13.8 Å². The van der Waals surface area contributed by atoms with Crippen molar-refractivity contribution >= 4 is 27.5 Å². The number of hydrogen-bond acceptors (Lipinski definition) is 5. The average Bonchev–Trinajstić information content (AvgIpc) is 2.76. The van der Waals surface area contributed by atoms with E-state index < -0.39 is 0 Å². The van der Waals surface area contributed by atoms with Gasteiger partial charge in [0.1, 0.15) is 4.83 Å². The summed E-state index contributed by atoms with van der Waals surface area (Å²) < 4.78 is 6.00. The van der Waals surface area contributed by atoms with Gasteiger partial charge in [-0.3, -0.25) is 0 Å². The summed E-state index contributed by atoms with van der Waals surface area (Å²) in [6.45, 7) is 9.32. The van der Waals surface area contributed by atoms with E-state index in [-0.39, 0.29) is 6.10 Å². The van der Waals surface area contributed by atoms with Crippen LogP contribution in [0.25, 0.3) is 10.2 Å². The predicted octanol–water partition coefficient (Wildman–Crippen LogP) is 3.94. The maximum Gasteiger partial charge on any atom is 0.227 e. The van der Waals surface area contributed by atoms with Crippen LogP contribution in [0.2, 0.25) is 0 Å². The van der Waals surface area contributed by atoms with Gasteiger partial charge in [0, 0.05) is 6.54 Å². The molecule has 0 amide bonds. The van der Waals surface area contributed by atoms with Gasteiger partial charge in [0.2, 0.25) is 11.8 Å². The number of fused-ring (bicyclic) bond motifs is 1. The van der Waals surface area contributed by atoms with E-state index in [2.05, 4.69) is 36.1 Å². The van der Waals surface area contributed by atoms with Crippen LogP contribution in [0.3, 0.4) is 0 Å². The maximum atomic E-state index is 6.00. The summed E-state index contributed by atoms with van der Waals surface area (Å²) in [7, 11) is 0. The number of thiophene rings is 1. The minimum atomic E-state index is 0.160. The fourth-order valence-corrected chi connectivity index (χ4v) is 2.81. The highest BCUT2D eigenvalue weighted by molar-refractivity contribution is 7.16. The van der Waals surface area contributed by atoms with Gasteiger partial charge in [0.25, 0.3) is 0 Å². The molecule has 0 spiro atoms. The van der Waals surface area contributed by atoms with E-state index in [4.69, 9.17) is 4.74 Å². The van der Waals surface area contributed by atoms with Crippen molar-refractivity contribution < 1.29 is 4.74 Å². The Balaban J connectivity index is 2.26. The lowest BCUT2D eigenvalue weighted by molar-refractivity contribution is 0.188. The molecule has 104 valence electrons. The molecule has 1 atom stereocenters. The molecule has 0 aliphatic rings. The molecule has 19 heavy (non-hydrogen) atoms. The van der Waals surface area contributed by atoms with Crippen LogP contribution in [0.4, 0.5) is 5.95 Å². The summed E-state index contributed by atoms with van der Waals surface area (Å²) in [6, 6.07) is 2.02. The standard InChI is InChI=1S/C14H21N3OS/c1-5-15-14-16-12(18-10(4)8-9(2)3)11-6-7-19-13(11)17-14/h6-7,9-10H,5,8H2,1-4H3,(H,15,16,17). The molecule has 0 aromatic carbocycles. The van der Waals surface area contributed by atoms with Crippen LogP contribution < -0.4 is 10.1 Å². The van der Waals surface area contributed by atoms with E-state index >= 15 is 0 Å². The zero-order valence-electron chi connectivity index (χ0n) is 11.9. The van der Waals surface area contributed by atoms with E-state index in [1.165, 1.54) is 0 Å². The third-order valence-electron chi connectivity index (χ3n) is 2.74. The summed E-state index contributed by atoms with van der Waals surface area (Å²) in [6.07, 6.45) is 1.18. The van der Waals surface area contributed by atoms with Crippen LogP contribution in [0.5, 0.6) is 5.88 Å². The van der Waals surface area contributed by atoms with Crippen molar-refractivity contribution in [3.05, 3.63) is 11.4 Å². The van der Waals surface area contributed by atoms with E-state index in [0.29, 0.717) is 17.7 Å². The number of nitrogens with one attached hydrogen (secondary N) is 1. The van der Waals surface area contributed by atoms with Crippen LogP contribution in [-0.2, 0) is 0 Å². The van der Waals surface area contributed by atoms with E-state index in [1.807, 2.05) is 18.4 Å². The first kappa shape index (κ1) is 14.1. The fraction of sp³-hybridized carbons (Fsp3) is 0.571. The van der Waals surface area contributed by atoms with Crippen molar-refractivity contribution in [3.63, 3.8) is 0 Å². The molecule has 0 saturated carbocycles. The van der Waals surface area contributed by atoms with Gasteiger partial charge in [-0.25, -0.2) is 4.98 Å². The highest BCUT2D eigenvalue weighted by atomic mass is 32.1. The first-order valence-corrected chi connectivity index (χ1v) is 7.63. The quantitative estimate of drug-likeness (QED) is 0.870. The molecule has 0 radical (unpaired) electrons. The van der Waals surface area contributed by atoms with Gasteiger partial charge in [0.15, 0.2) is 0 Å². The van der Waals surface area contributed by atoms with Crippen molar-refractivity contribution in [2.45, 2.75) is 40.2 Å².